The summed E-state index contributed by atoms with van der Waals surface area (Å²) in [5.74, 6) is 7.25. The van der Waals surface area contributed by atoms with Crippen LogP contribution >= 0.6 is 0 Å². The first kappa shape index (κ1) is 11.7. The first-order valence-electron chi connectivity index (χ1n) is 6.75. The van der Waals surface area contributed by atoms with Gasteiger partial charge in [-0.2, -0.15) is 0 Å². The summed E-state index contributed by atoms with van der Waals surface area (Å²) < 4.78 is 0. The molecule has 3 rings (SSSR count). The van der Waals surface area contributed by atoms with Gasteiger partial charge in [0.1, 0.15) is 0 Å². The molecule has 2 aromatic rings. The lowest BCUT2D eigenvalue weighted by atomic mass is 9.88. The van der Waals surface area contributed by atoms with Crippen LogP contribution in [0.25, 0.3) is 10.8 Å². The SMILES string of the molecule is CC(C1CC1)C(NN)c1cccc2ccccc12. The summed E-state index contributed by atoms with van der Waals surface area (Å²) >= 11 is 0. The maximum absolute atomic E-state index is 5.81. The van der Waals surface area contributed by atoms with E-state index >= 15 is 0 Å². The fraction of sp³-hybridized carbons (Fsp3) is 0.375. The molecule has 0 bridgehead atoms. The number of nitrogens with one attached hydrogen (secondary N) is 1. The molecule has 1 aliphatic carbocycles. The van der Waals surface area contributed by atoms with Crippen LogP contribution in [0.4, 0.5) is 0 Å². The molecule has 2 heteroatoms. The third kappa shape index (κ3) is 2.02. The van der Waals surface area contributed by atoms with Crippen LogP contribution in [0.1, 0.15) is 31.4 Å². The van der Waals surface area contributed by atoms with Gasteiger partial charge >= 0.3 is 0 Å². The van der Waals surface area contributed by atoms with Crippen LogP contribution in [0.2, 0.25) is 0 Å². The van der Waals surface area contributed by atoms with E-state index in [-0.39, 0.29) is 6.04 Å². The Morgan fingerprint density at radius 3 is 2.56 bits per heavy atom. The Labute approximate surface area is 108 Å². The second kappa shape index (κ2) is 4.71. The molecule has 0 spiro atoms. The Balaban J connectivity index is 2.05. The topological polar surface area (TPSA) is 38.0 Å². The Morgan fingerprint density at radius 2 is 1.83 bits per heavy atom. The van der Waals surface area contributed by atoms with Crippen LogP contribution in [0, 0.1) is 11.8 Å². The average molecular weight is 240 g/mol. The van der Waals surface area contributed by atoms with Crippen molar-refractivity contribution in [1.82, 2.24) is 5.43 Å². The summed E-state index contributed by atoms with van der Waals surface area (Å²) in [7, 11) is 0. The third-order valence-corrected chi connectivity index (χ3v) is 4.23. The van der Waals surface area contributed by atoms with Crippen molar-refractivity contribution in [2.24, 2.45) is 17.7 Å². The van der Waals surface area contributed by atoms with Crippen molar-refractivity contribution >= 4 is 10.8 Å². The highest BCUT2D eigenvalue weighted by Gasteiger charge is 2.34. The van der Waals surface area contributed by atoms with Gasteiger partial charge in [-0.1, -0.05) is 49.4 Å². The Bertz CT molecular complexity index is 540. The maximum Gasteiger partial charge on any atom is 0.0494 e. The summed E-state index contributed by atoms with van der Waals surface area (Å²) in [5, 5.41) is 2.61. The maximum atomic E-state index is 5.81. The molecule has 2 unspecified atom stereocenters. The van der Waals surface area contributed by atoms with Crippen molar-refractivity contribution in [3.8, 4) is 0 Å². The molecule has 2 atom stereocenters. The lowest BCUT2D eigenvalue weighted by Crippen LogP contribution is -2.33. The largest absolute Gasteiger partial charge is 0.271 e. The van der Waals surface area contributed by atoms with E-state index in [1.165, 1.54) is 29.2 Å². The van der Waals surface area contributed by atoms with Crippen LogP contribution in [-0.2, 0) is 0 Å². The van der Waals surface area contributed by atoms with Crippen LogP contribution in [0.3, 0.4) is 0 Å². The monoisotopic (exact) mass is 240 g/mol. The molecule has 1 fully saturated rings. The second-order valence-corrected chi connectivity index (χ2v) is 5.41. The standard InChI is InChI=1S/C16H20N2/c1-11(12-9-10-12)16(18-17)15-8-4-6-13-5-2-3-7-14(13)15/h2-8,11-12,16,18H,9-10,17H2,1H3. The molecule has 0 aliphatic heterocycles. The molecule has 18 heavy (non-hydrogen) atoms. The van der Waals surface area contributed by atoms with Crippen molar-refractivity contribution in [2.45, 2.75) is 25.8 Å². The normalized spacial score (nSPS) is 18.8. The predicted molar refractivity (Wildman–Crippen MR) is 75.9 cm³/mol. The van der Waals surface area contributed by atoms with Gasteiger partial charge in [-0.3, -0.25) is 11.3 Å². The van der Waals surface area contributed by atoms with E-state index in [0.717, 1.165) is 5.92 Å². The van der Waals surface area contributed by atoms with Gasteiger partial charge in [-0.25, -0.2) is 0 Å². The summed E-state index contributed by atoms with van der Waals surface area (Å²) in [6.07, 6.45) is 2.70. The average Bonchev–Trinajstić information content (AvgIpc) is 3.24. The summed E-state index contributed by atoms with van der Waals surface area (Å²) in [5.41, 5.74) is 4.36. The molecule has 1 saturated carbocycles. The van der Waals surface area contributed by atoms with E-state index in [9.17, 15) is 0 Å². The van der Waals surface area contributed by atoms with Crippen LogP contribution in [-0.4, -0.2) is 0 Å². The molecule has 0 heterocycles. The van der Waals surface area contributed by atoms with Gasteiger partial charge in [0.05, 0.1) is 0 Å². The molecule has 0 saturated heterocycles. The van der Waals surface area contributed by atoms with Crippen molar-refractivity contribution in [1.29, 1.82) is 0 Å². The first-order chi connectivity index (χ1) is 8.81. The van der Waals surface area contributed by atoms with Crippen LogP contribution in [0.15, 0.2) is 42.5 Å². The first-order valence-corrected chi connectivity index (χ1v) is 6.75. The molecule has 0 aromatic heterocycles. The van der Waals surface area contributed by atoms with Crippen molar-refractivity contribution in [3.05, 3.63) is 48.0 Å². The summed E-state index contributed by atoms with van der Waals surface area (Å²) in [6.45, 7) is 2.31. The highest BCUT2D eigenvalue weighted by Crippen LogP contribution is 2.43. The fourth-order valence-corrected chi connectivity index (χ4v) is 2.94. The molecule has 0 amide bonds. The molecule has 0 radical (unpaired) electrons. The Kier molecular flexibility index (Phi) is 3.06. The fourth-order valence-electron chi connectivity index (χ4n) is 2.94. The smallest absolute Gasteiger partial charge is 0.0494 e. The molecule has 94 valence electrons. The third-order valence-electron chi connectivity index (χ3n) is 4.23. The zero-order valence-corrected chi connectivity index (χ0v) is 10.8. The highest BCUT2D eigenvalue weighted by molar-refractivity contribution is 5.86. The zero-order chi connectivity index (χ0) is 12.5. The van der Waals surface area contributed by atoms with Gasteiger partial charge < -0.3 is 0 Å². The van der Waals surface area contributed by atoms with Gasteiger partial charge in [0.15, 0.2) is 0 Å². The lowest BCUT2D eigenvalue weighted by molar-refractivity contribution is 0.356. The van der Waals surface area contributed by atoms with Gasteiger partial charge in [0.25, 0.3) is 0 Å². The number of rotatable bonds is 4. The van der Waals surface area contributed by atoms with Gasteiger partial charge in [-0.15, -0.1) is 0 Å². The zero-order valence-electron chi connectivity index (χ0n) is 10.8. The minimum absolute atomic E-state index is 0.253. The number of hydrogen-bond acceptors (Lipinski definition) is 2. The molecular formula is C16H20N2. The molecule has 2 nitrogen and oxygen atoms in total. The van der Waals surface area contributed by atoms with Gasteiger partial charge in [0, 0.05) is 6.04 Å². The minimum atomic E-state index is 0.253. The Hall–Kier alpha value is -1.38. The molecule has 2 aromatic carbocycles. The predicted octanol–water partition coefficient (Wildman–Crippen LogP) is 3.39. The van der Waals surface area contributed by atoms with Crippen LogP contribution in [0.5, 0.6) is 0 Å². The van der Waals surface area contributed by atoms with Crippen molar-refractivity contribution < 1.29 is 0 Å². The number of nitrogens with two attached hydrogens (primary N) is 1. The van der Waals surface area contributed by atoms with Crippen LogP contribution < -0.4 is 11.3 Å². The molecular weight excluding hydrogens is 220 g/mol. The summed E-state index contributed by atoms with van der Waals surface area (Å²) in [6, 6.07) is 15.3. The second-order valence-electron chi connectivity index (χ2n) is 5.41. The molecule has 1 aliphatic rings. The minimum Gasteiger partial charge on any atom is -0.271 e. The quantitative estimate of drug-likeness (QED) is 0.635. The van der Waals surface area contributed by atoms with Crippen molar-refractivity contribution in [3.63, 3.8) is 0 Å². The number of hydrazine groups is 1. The highest BCUT2D eigenvalue weighted by atomic mass is 15.2. The van der Waals surface area contributed by atoms with Gasteiger partial charge in [-0.05, 0) is 41.0 Å². The van der Waals surface area contributed by atoms with E-state index in [1.54, 1.807) is 0 Å². The number of fused-ring (bicyclic) bond motifs is 1. The van der Waals surface area contributed by atoms with Gasteiger partial charge in [0.2, 0.25) is 0 Å². The van der Waals surface area contributed by atoms with Crippen molar-refractivity contribution in [2.75, 3.05) is 0 Å². The lowest BCUT2D eigenvalue weighted by Gasteiger charge is -2.25. The molecule has 3 N–H and O–H groups in total. The number of benzene rings is 2. The summed E-state index contributed by atoms with van der Waals surface area (Å²) in [4.78, 5) is 0. The van der Waals surface area contributed by atoms with E-state index in [4.69, 9.17) is 5.84 Å². The van der Waals surface area contributed by atoms with E-state index in [1.807, 2.05) is 0 Å². The Morgan fingerprint density at radius 1 is 1.11 bits per heavy atom. The van der Waals surface area contributed by atoms with E-state index in [2.05, 4.69) is 54.8 Å². The number of hydrogen-bond donors (Lipinski definition) is 2. The van der Waals surface area contributed by atoms with E-state index < -0.39 is 0 Å². The van der Waals surface area contributed by atoms with E-state index in [0.29, 0.717) is 5.92 Å².